The number of nitrogens with one attached hydrogen (secondary N) is 2. The summed E-state index contributed by atoms with van der Waals surface area (Å²) < 4.78 is 6.16. The van der Waals surface area contributed by atoms with Crippen LogP contribution in [0.15, 0.2) is 0 Å². The minimum absolute atomic E-state index is 0.100. The van der Waals surface area contributed by atoms with Crippen molar-refractivity contribution >= 4 is 17.6 Å². The van der Waals surface area contributed by atoms with Crippen LogP contribution in [0.5, 0.6) is 0 Å². The van der Waals surface area contributed by atoms with Crippen molar-refractivity contribution in [3.05, 3.63) is 5.56 Å². The number of hydrogen-bond acceptors (Lipinski definition) is 7. The number of aromatic nitrogens is 2. The fourth-order valence-corrected chi connectivity index (χ4v) is 2.31. The van der Waals surface area contributed by atoms with Crippen molar-refractivity contribution in [1.29, 1.82) is 0 Å². The minimum Gasteiger partial charge on any atom is -0.465 e. The number of carbonyl (C=O) groups is 1. The number of ether oxygens (including phenoxy) is 1. The summed E-state index contributed by atoms with van der Waals surface area (Å²) in [6.07, 6.45) is 2.07. The highest BCUT2D eigenvalue weighted by Crippen LogP contribution is 2.24. The van der Waals surface area contributed by atoms with Gasteiger partial charge in [-0.25, -0.2) is 9.48 Å². The smallest absolute Gasteiger partial charge is 0.345 e. The molecule has 1 atom stereocenters. The number of methoxy groups -OCH3 is 1. The zero-order chi connectivity index (χ0) is 14.5. The van der Waals surface area contributed by atoms with Gasteiger partial charge in [-0.3, -0.25) is 0 Å². The molecule has 8 heteroatoms. The molecular weight excluding hydrogens is 262 g/mol. The molecule has 20 heavy (non-hydrogen) atoms. The Morgan fingerprint density at radius 1 is 1.70 bits per heavy atom. The molecular formula is C12H21N5O3. The van der Waals surface area contributed by atoms with Crippen molar-refractivity contribution in [3.63, 3.8) is 0 Å². The predicted octanol–water partition coefficient (Wildman–Crippen LogP) is -0.592. The van der Waals surface area contributed by atoms with Crippen LogP contribution in [0.2, 0.25) is 0 Å². The van der Waals surface area contributed by atoms with Crippen LogP contribution in [0.25, 0.3) is 0 Å². The molecule has 0 bridgehead atoms. The average molecular weight is 283 g/mol. The number of nitrogens with two attached hydrogens (primary N) is 1. The molecule has 112 valence electrons. The summed E-state index contributed by atoms with van der Waals surface area (Å²) >= 11 is 0. The number of piperidine rings is 1. The van der Waals surface area contributed by atoms with Crippen LogP contribution in [0.1, 0.15) is 23.2 Å². The first kappa shape index (κ1) is 14.6. The number of rotatable bonds is 5. The van der Waals surface area contributed by atoms with Gasteiger partial charge in [-0.05, 0) is 19.4 Å². The highest BCUT2D eigenvalue weighted by Gasteiger charge is 2.25. The van der Waals surface area contributed by atoms with Gasteiger partial charge in [0.25, 0.3) is 0 Å². The van der Waals surface area contributed by atoms with Crippen LogP contribution < -0.4 is 16.4 Å². The first-order valence-corrected chi connectivity index (χ1v) is 6.70. The third kappa shape index (κ3) is 3.02. The van der Waals surface area contributed by atoms with Crippen LogP contribution >= 0.6 is 0 Å². The van der Waals surface area contributed by atoms with Crippen molar-refractivity contribution in [2.45, 2.75) is 25.4 Å². The maximum Gasteiger partial charge on any atom is 0.345 e. The second-order valence-corrected chi connectivity index (χ2v) is 4.73. The largest absolute Gasteiger partial charge is 0.465 e. The van der Waals surface area contributed by atoms with Crippen molar-refractivity contribution in [2.24, 2.45) is 0 Å². The molecule has 0 radical (unpaired) electrons. The minimum atomic E-state index is -0.530. The van der Waals surface area contributed by atoms with Gasteiger partial charge in [0.1, 0.15) is 11.4 Å². The second kappa shape index (κ2) is 6.58. The van der Waals surface area contributed by atoms with E-state index in [1.54, 1.807) is 0 Å². The van der Waals surface area contributed by atoms with Gasteiger partial charge in [0.05, 0.1) is 20.3 Å². The molecule has 1 unspecified atom stereocenters. The van der Waals surface area contributed by atoms with Crippen molar-refractivity contribution in [2.75, 3.05) is 37.9 Å². The van der Waals surface area contributed by atoms with Gasteiger partial charge in [0.2, 0.25) is 0 Å². The van der Waals surface area contributed by atoms with E-state index < -0.39 is 5.97 Å². The van der Waals surface area contributed by atoms with E-state index in [1.165, 1.54) is 11.8 Å². The fraction of sp³-hybridized carbons (Fsp3) is 0.667. The Hall–Kier alpha value is -1.80. The number of esters is 1. The molecule has 0 spiro atoms. The van der Waals surface area contributed by atoms with E-state index >= 15 is 0 Å². The molecule has 1 aromatic heterocycles. The van der Waals surface area contributed by atoms with E-state index in [1.807, 2.05) is 0 Å². The molecule has 1 aliphatic heterocycles. The number of aliphatic hydroxyl groups excluding tert-OH is 1. The summed E-state index contributed by atoms with van der Waals surface area (Å²) in [5, 5.41) is 19.8. The molecule has 1 fully saturated rings. The Kier molecular flexibility index (Phi) is 4.80. The monoisotopic (exact) mass is 283 g/mol. The van der Waals surface area contributed by atoms with Crippen LogP contribution in [0, 0.1) is 0 Å². The maximum atomic E-state index is 11.8. The number of anilines is 2. The molecule has 0 aromatic carbocycles. The average Bonchev–Trinajstić information content (AvgIpc) is 2.76. The summed E-state index contributed by atoms with van der Waals surface area (Å²) in [7, 11) is 1.30. The molecule has 2 rings (SSSR count). The topological polar surface area (TPSA) is 114 Å². The first-order chi connectivity index (χ1) is 9.67. The number of carbonyl (C=O) groups excluding carboxylic acids is 1. The summed E-state index contributed by atoms with van der Waals surface area (Å²) in [5.41, 5.74) is 6.13. The number of nitrogens with zero attached hydrogens (tertiary/aromatic N) is 2. The molecule has 0 saturated carbocycles. The Labute approximate surface area is 117 Å². The summed E-state index contributed by atoms with van der Waals surface area (Å²) in [6, 6.07) is 0.198. The molecule has 1 aromatic rings. The Balaban J connectivity index is 2.24. The maximum absolute atomic E-state index is 11.8. The Morgan fingerprint density at radius 3 is 3.10 bits per heavy atom. The highest BCUT2D eigenvalue weighted by atomic mass is 16.5. The highest BCUT2D eigenvalue weighted by molar-refractivity contribution is 5.99. The summed E-state index contributed by atoms with van der Waals surface area (Å²) in [6.45, 7) is 1.95. The van der Waals surface area contributed by atoms with Gasteiger partial charge in [-0.15, -0.1) is 0 Å². The quantitative estimate of drug-likeness (QED) is 0.534. The van der Waals surface area contributed by atoms with E-state index in [-0.39, 0.29) is 30.6 Å². The lowest BCUT2D eigenvalue weighted by atomic mass is 10.1. The van der Waals surface area contributed by atoms with Gasteiger partial charge in [-0.2, -0.15) is 5.10 Å². The third-order valence-corrected chi connectivity index (χ3v) is 3.33. The Bertz CT molecular complexity index is 468. The first-order valence-electron chi connectivity index (χ1n) is 6.70. The van der Waals surface area contributed by atoms with E-state index in [2.05, 4.69) is 15.7 Å². The van der Waals surface area contributed by atoms with Gasteiger partial charge < -0.3 is 26.2 Å². The van der Waals surface area contributed by atoms with Gasteiger partial charge >= 0.3 is 5.97 Å². The lowest BCUT2D eigenvalue weighted by molar-refractivity contribution is 0.0603. The van der Waals surface area contributed by atoms with E-state index in [4.69, 9.17) is 15.6 Å². The van der Waals surface area contributed by atoms with Crippen molar-refractivity contribution < 1.29 is 14.6 Å². The lowest BCUT2D eigenvalue weighted by Gasteiger charge is -2.23. The van der Waals surface area contributed by atoms with E-state index in [0.717, 1.165) is 25.9 Å². The summed E-state index contributed by atoms with van der Waals surface area (Å²) in [4.78, 5) is 11.8. The normalized spacial score (nSPS) is 18.8. The van der Waals surface area contributed by atoms with Crippen molar-refractivity contribution in [1.82, 2.24) is 15.1 Å². The second-order valence-electron chi connectivity index (χ2n) is 4.73. The third-order valence-electron chi connectivity index (χ3n) is 3.33. The molecule has 2 heterocycles. The van der Waals surface area contributed by atoms with Gasteiger partial charge in [0.15, 0.2) is 5.82 Å². The Morgan fingerprint density at radius 2 is 2.50 bits per heavy atom. The van der Waals surface area contributed by atoms with Crippen molar-refractivity contribution in [3.8, 4) is 0 Å². The number of hydrogen-bond donors (Lipinski definition) is 4. The summed E-state index contributed by atoms with van der Waals surface area (Å²) in [5.74, 6) is 0.0895. The predicted molar refractivity (Wildman–Crippen MR) is 74.6 cm³/mol. The van der Waals surface area contributed by atoms with Crippen LogP contribution in [-0.2, 0) is 11.3 Å². The molecule has 0 amide bonds. The zero-order valence-electron chi connectivity index (χ0n) is 11.6. The van der Waals surface area contributed by atoms with Crippen LogP contribution in [-0.4, -0.2) is 53.7 Å². The molecule has 0 aliphatic carbocycles. The van der Waals surface area contributed by atoms with Crippen LogP contribution in [0.4, 0.5) is 11.6 Å². The standard InChI is InChI=1S/C12H21N5O3/c1-20-12(19)9-10(13)17(5-6-18)16-11(9)15-8-3-2-4-14-7-8/h8,14,18H,2-7,13H2,1H3,(H,15,16). The van der Waals surface area contributed by atoms with Gasteiger partial charge in [-0.1, -0.05) is 0 Å². The molecule has 5 N–H and O–H groups in total. The molecule has 1 aliphatic rings. The number of aliphatic hydroxyl groups is 1. The zero-order valence-corrected chi connectivity index (χ0v) is 11.6. The van der Waals surface area contributed by atoms with Gasteiger partial charge in [0, 0.05) is 12.6 Å². The molecule has 1 saturated heterocycles. The SMILES string of the molecule is COC(=O)c1c(NC2CCCNC2)nn(CCO)c1N. The fourth-order valence-electron chi connectivity index (χ4n) is 2.31. The van der Waals surface area contributed by atoms with Crippen LogP contribution in [0.3, 0.4) is 0 Å². The van der Waals surface area contributed by atoms with E-state index in [9.17, 15) is 4.79 Å². The van der Waals surface area contributed by atoms with E-state index in [0.29, 0.717) is 5.82 Å². The molecule has 8 nitrogen and oxygen atoms in total. The number of nitrogen functional groups attached to an aromatic ring is 1. The lowest BCUT2D eigenvalue weighted by Crippen LogP contribution is -2.38.